The largest absolute Gasteiger partial charge is 0.454 e. The van der Waals surface area contributed by atoms with E-state index in [9.17, 15) is 4.79 Å². The summed E-state index contributed by atoms with van der Waals surface area (Å²) >= 11 is 0. The minimum Gasteiger partial charge on any atom is -0.454 e. The van der Waals surface area contributed by atoms with E-state index in [1.165, 1.54) is 0 Å². The van der Waals surface area contributed by atoms with Crippen LogP contribution >= 0.6 is 0 Å². The van der Waals surface area contributed by atoms with Gasteiger partial charge in [-0.15, -0.1) is 0 Å². The number of nitrogens with one attached hydrogen (secondary N) is 1. The van der Waals surface area contributed by atoms with E-state index >= 15 is 0 Å². The van der Waals surface area contributed by atoms with Crippen LogP contribution in [0.5, 0.6) is 11.5 Å². The highest BCUT2D eigenvalue weighted by molar-refractivity contribution is 5.92. The number of aryl methyl sites for hydroxylation is 1. The molecule has 7 nitrogen and oxygen atoms in total. The molecule has 0 saturated heterocycles. The normalized spacial score (nSPS) is 12.1. The highest BCUT2D eigenvalue weighted by Gasteiger charge is 2.16. The van der Waals surface area contributed by atoms with Gasteiger partial charge < -0.3 is 19.7 Å². The van der Waals surface area contributed by atoms with Crippen LogP contribution in [0.3, 0.4) is 0 Å². The fourth-order valence-corrected chi connectivity index (χ4v) is 2.53. The van der Waals surface area contributed by atoms with Crippen LogP contribution in [0.2, 0.25) is 0 Å². The first-order valence-corrected chi connectivity index (χ1v) is 8.34. The maximum Gasteiger partial charge on any atom is 0.272 e. The fourth-order valence-electron chi connectivity index (χ4n) is 2.53. The Hall–Kier alpha value is -2.83. The standard InChI is InChI=1S/C18H22N4O3/c1-4-5-8-22(3)17(23)14-9-12(2)19-18(21-14)20-13-6-7-15-16(10-13)25-11-24-15/h6-7,9-10H,4-5,8,11H2,1-3H3,(H,19,20,21). The first kappa shape index (κ1) is 17.0. The number of benzene rings is 1. The van der Waals surface area contributed by atoms with Crippen LogP contribution in [-0.4, -0.2) is 41.2 Å². The third-order valence-corrected chi connectivity index (χ3v) is 3.90. The molecule has 132 valence electrons. The second-order valence-electron chi connectivity index (χ2n) is 5.99. The van der Waals surface area contributed by atoms with Gasteiger partial charge in [-0.25, -0.2) is 9.97 Å². The van der Waals surface area contributed by atoms with E-state index in [1.807, 2.05) is 25.1 Å². The molecular weight excluding hydrogens is 320 g/mol. The smallest absolute Gasteiger partial charge is 0.272 e. The van der Waals surface area contributed by atoms with Gasteiger partial charge in [-0.1, -0.05) is 13.3 Å². The summed E-state index contributed by atoms with van der Waals surface area (Å²) in [5.41, 5.74) is 1.88. The average Bonchev–Trinajstić information content (AvgIpc) is 3.06. The molecule has 3 rings (SSSR count). The summed E-state index contributed by atoms with van der Waals surface area (Å²) in [5, 5.41) is 3.12. The van der Waals surface area contributed by atoms with Crippen LogP contribution in [0.15, 0.2) is 24.3 Å². The average molecular weight is 342 g/mol. The number of carbonyl (C=O) groups excluding carboxylic acids is 1. The van der Waals surface area contributed by atoms with Crippen LogP contribution < -0.4 is 14.8 Å². The fraction of sp³-hybridized carbons (Fsp3) is 0.389. The van der Waals surface area contributed by atoms with Gasteiger partial charge in [0.25, 0.3) is 5.91 Å². The van der Waals surface area contributed by atoms with E-state index in [-0.39, 0.29) is 12.7 Å². The molecule has 2 heterocycles. The molecule has 1 aromatic heterocycles. The first-order chi connectivity index (χ1) is 12.1. The van der Waals surface area contributed by atoms with Gasteiger partial charge in [0, 0.05) is 31.0 Å². The molecule has 0 aliphatic carbocycles. The van der Waals surface area contributed by atoms with Gasteiger partial charge in [0.05, 0.1) is 0 Å². The first-order valence-electron chi connectivity index (χ1n) is 8.34. The van der Waals surface area contributed by atoms with Crippen molar-refractivity contribution in [3.8, 4) is 11.5 Å². The Bertz CT molecular complexity index is 779. The molecule has 7 heteroatoms. The second-order valence-corrected chi connectivity index (χ2v) is 5.99. The molecule has 1 aromatic carbocycles. The topological polar surface area (TPSA) is 76.6 Å². The molecule has 25 heavy (non-hydrogen) atoms. The molecule has 0 unspecified atom stereocenters. The molecule has 0 atom stereocenters. The molecule has 0 bridgehead atoms. The number of ether oxygens (including phenoxy) is 2. The summed E-state index contributed by atoms with van der Waals surface area (Å²) in [6, 6.07) is 7.21. The highest BCUT2D eigenvalue weighted by Crippen LogP contribution is 2.34. The monoisotopic (exact) mass is 342 g/mol. The van der Waals surface area contributed by atoms with Crippen LogP contribution in [0.4, 0.5) is 11.6 Å². The molecule has 1 aliphatic heterocycles. The van der Waals surface area contributed by atoms with Crippen molar-refractivity contribution in [2.75, 3.05) is 25.7 Å². The van der Waals surface area contributed by atoms with Crippen molar-refractivity contribution >= 4 is 17.5 Å². The molecule has 1 aliphatic rings. The Morgan fingerprint density at radius 3 is 2.84 bits per heavy atom. The number of fused-ring (bicyclic) bond motifs is 1. The summed E-state index contributed by atoms with van der Waals surface area (Å²) in [5.74, 6) is 1.66. The van der Waals surface area contributed by atoms with E-state index in [2.05, 4.69) is 22.2 Å². The molecule has 2 aromatic rings. The summed E-state index contributed by atoms with van der Waals surface area (Å²) < 4.78 is 10.7. The Morgan fingerprint density at radius 1 is 1.24 bits per heavy atom. The van der Waals surface area contributed by atoms with E-state index in [0.717, 1.165) is 24.2 Å². The number of nitrogens with zero attached hydrogens (tertiary/aromatic N) is 3. The van der Waals surface area contributed by atoms with Crippen molar-refractivity contribution in [2.45, 2.75) is 26.7 Å². The Labute approximate surface area is 147 Å². The number of unbranched alkanes of at least 4 members (excludes halogenated alkanes) is 1. The lowest BCUT2D eigenvalue weighted by atomic mass is 10.2. The van der Waals surface area contributed by atoms with E-state index in [0.29, 0.717) is 29.7 Å². The summed E-state index contributed by atoms with van der Waals surface area (Å²) in [6.07, 6.45) is 2.01. The van der Waals surface area contributed by atoms with Crippen LogP contribution in [0.25, 0.3) is 0 Å². The quantitative estimate of drug-likeness (QED) is 0.869. The zero-order chi connectivity index (χ0) is 17.8. The van der Waals surface area contributed by atoms with Crippen LogP contribution in [0, 0.1) is 6.92 Å². The van der Waals surface area contributed by atoms with Crippen molar-refractivity contribution in [2.24, 2.45) is 0 Å². The number of hydrogen-bond donors (Lipinski definition) is 1. The van der Waals surface area contributed by atoms with Crippen molar-refractivity contribution in [3.05, 3.63) is 35.7 Å². The third-order valence-electron chi connectivity index (χ3n) is 3.90. The number of anilines is 2. The molecule has 0 spiro atoms. The van der Waals surface area contributed by atoms with Crippen molar-refractivity contribution in [1.82, 2.24) is 14.9 Å². The number of aromatic nitrogens is 2. The van der Waals surface area contributed by atoms with Gasteiger partial charge in [0.15, 0.2) is 11.5 Å². The molecule has 0 radical (unpaired) electrons. The SMILES string of the molecule is CCCCN(C)C(=O)c1cc(C)nc(Nc2ccc3c(c2)OCO3)n1. The van der Waals surface area contributed by atoms with Gasteiger partial charge in [-0.2, -0.15) is 0 Å². The summed E-state index contributed by atoms with van der Waals surface area (Å²) in [7, 11) is 1.79. The van der Waals surface area contributed by atoms with Crippen LogP contribution in [-0.2, 0) is 0 Å². The van der Waals surface area contributed by atoms with Gasteiger partial charge in [-0.3, -0.25) is 4.79 Å². The number of carbonyl (C=O) groups is 1. The minimum absolute atomic E-state index is 0.104. The zero-order valence-corrected chi connectivity index (χ0v) is 14.7. The maximum absolute atomic E-state index is 12.5. The Morgan fingerprint density at radius 2 is 2.04 bits per heavy atom. The Kier molecular flexibility index (Phi) is 5.02. The predicted molar refractivity (Wildman–Crippen MR) is 94.5 cm³/mol. The number of rotatable bonds is 6. The van der Waals surface area contributed by atoms with Gasteiger partial charge in [0.2, 0.25) is 12.7 Å². The lowest BCUT2D eigenvalue weighted by molar-refractivity contribution is 0.0787. The predicted octanol–water partition coefficient (Wildman–Crippen LogP) is 3.13. The Balaban J connectivity index is 1.78. The molecule has 1 N–H and O–H groups in total. The minimum atomic E-state index is -0.104. The van der Waals surface area contributed by atoms with Crippen molar-refractivity contribution in [3.63, 3.8) is 0 Å². The number of amides is 1. The summed E-state index contributed by atoms with van der Waals surface area (Å²) in [6.45, 7) is 4.88. The number of hydrogen-bond acceptors (Lipinski definition) is 6. The van der Waals surface area contributed by atoms with Gasteiger partial charge in [-0.05, 0) is 31.5 Å². The molecule has 0 fully saturated rings. The van der Waals surface area contributed by atoms with Crippen molar-refractivity contribution < 1.29 is 14.3 Å². The van der Waals surface area contributed by atoms with Gasteiger partial charge >= 0.3 is 0 Å². The molecular formula is C18H22N4O3. The maximum atomic E-state index is 12.5. The lowest BCUT2D eigenvalue weighted by Crippen LogP contribution is -2.28. The zero-order valence-electron chi connectivity index (χ0n) is 14.7. The van der Waals surface area contributed by atoms with E-state index < -0.39 is 0 Å². The second kappa shape index (κ2) is 7.38. The van der Waals surface area contributed by atoms with Gasteiger partial charge in [0.1, 0.15) is 5.69 Å². The molecule has 1 amide bonds. The van der Waals surface area contributed by atoms with Crippen LogP contribution in [0.1, 0.15) is 35.9 Å². The molecule has 0 saturated carbocycles. The highest BCUT2D eigenvalue weighted by atomic mass is 16.7. The van der Waals surface area contributed by atoms with E-state index in [1.54, 1.807) is 18.0 Å². The van der Waals surface area contributed by atoms with Crippen molar-refractivity contribution in [1.29, 1.82) is 0 Å². The third kappa shape index (κ3) is 3.99. The lowest BCUT2D eigenvalue weighted by Gasteiger charge is -2.17. The van der Waals surface area contributed by atoms with E-state index in [4.69, 9.17) is 9.47 Å². The summed E-state index contributed by atoms with van der Waals surface area (Å²) in [4.78, 5) is 22.9.